The molecule has 4 nitrogen and oxygen atoms in total. The molecule has 1 aliphatic rings. The molecule has 2 heterocycles. The standard InChI is InChI=1S/C29H24Cl2O4/c1-28(2,3)27-34-26(32)29(35-27,20-7-5-4-6-8-20)23-17-33-25(19-11-15-22(31)16-12-19)24(23)18-9-13-21(30)14-10-18/h4-17,27H,1-3H3/t27-,29-/m1/s1. The molecule has 0 N–H and O–H groups in total. The summed E-state index contributed by atoms with van der Waals surface area (Å²) in [6.45, 7) is 5.92. The van der Waals surface area contributed by atoms with Gasteiger partial charge in [0.05, 0.1) is 6.26 Å². The summed E-state index contributed by atoms with van der Waals surface area (Å²) in [5, 5.41) is 1.22. The molecule has 0 bridgehead atoms. The van der Waals surface area contributed by atoms with E-state index < -0.39 is 23.3 Å². The first-order chi connectivity index (χ1) is 16.7. The fourth-order valence-electron chi connectivity index (χ4n) is 4.29. The van der Waals surface area contributed by atoms with Crippen molar-refractivity contribution in [2.24, 2.45) is 5.41 Å². The third-order valence-electron chi connectivity index (χ3n) is 6.08. The maximum Gasteiger partial charge on any atom is 0.350 e. The minimum Gasteiger partial charge on any atom is -0.463 e. The lowest BCUT2D eigenvalue weighted by molar-refractivity contribution is -0.155. The second-order valence-electron chi connectivity index (χ2n) is 9.64. The highest BCUT2D eigenvalue weighted by Gasteiger charge is 2.57. The lowest BCUT2D eigenvalue weighted by Gasteiger charge is -2.29. The Morgan fingerprint density at radius 2 is 1.37 bits per heavy atom. The fraction of sp³-hybridized carbons (Fsp3) is 0.207. The molecule has 1 aromatic heterocycles. The molecule has 5 rings (SSSR count). The topological polar surface area (TPSA) is 48.7 Å². The highest BCUT2D eigenvalue weighted by Crippen LogP contribution is 2.51. The van der Waals surface area contributed by atoms with Gasteiger partial charge in [0.25, 0.3) is 0 Å². The van der Waals surface area contributed by atoms with Crippen LogP contribution in [0.4, 0.5) is 0 Å². The number of furan rings is 1. The van der Waals surface area contributed by atoms with Crippen molar-refractivity contribution in [1.29, 1.82) is 0 Å². The van der Waals surface area contributed by atoms with Crippen LogP contribution in [-0.4, -0.2) is 12.3 Å². The van der Waals surface area contributed by atoms with Crippen LogP contribution in [0.3, 0.4) is 0 Å². The van der Waals surface area contributed by atoms with Gasteiger partial charge in [-0.05, 0) is 47.5 Å². The molecule has 3 aromatic carbocycles. The molecule has 0 radical (unpaired) electrons. The zero-order valence-corrected chi connectivity index (χ0v) is 21.1. The third-order valence-corrected chi connectivity index (χ3v) is 6.59. The van der Waals surface area contributed by atoms with E-state index >= 15 is 0 Å². The van der Waals surface area contributed by atoms with Gasteiger partial charge in [-0.2, -0.15) is 0 Å². The Labute approximate surface area is 214 Å². The van der Waals surface area contributed by atoms with Gasteiger partial charge in [0.15, 0.2) is 0 Å². The van der Waals surface area contributed by atoms with E-state index in [0.717, 1.165) is 16.7 Å². The number of rotatable bonds is 4. The number of carbonyl (C=O) groups is 1. The Hall–Kier alpha value is -3.05. The predicted octanol–water partition coefficient (Wildman–Crippen LogP) is 8.11. The van der Waals surface area contributed by atoms with Crippen molar-refractivity contribution in [3.63, 3.8) is 0 Å². The molecular weight excluding hydrogens is 483 g/mol. The number of benzene rings is 3. The van der Waals surface area contributed by atoms with Gasteiger partial charge < -0.3 is 13.9 Å². The van der Waals surface area contributed by atoms with Crippen molar-refractivity contribution in [1.82, 2.24) is 0 Å². The SMILES string of the molecule is CC(C)(C)[C@@H]1OC(=O)[C@@](c2ccccc2)(c2coc(-c3ccc(Cl)cc3)c2-c2ccc(Cl)cc2)O1. The van der Waals surface area contributed by atoms with Crippen molar-refractivity contribution in [3.05, 3.63) is 106 Å². The Bertz CT molecular complexity index is 1350. The van der Waals surface area contributed by atoms with Crippen LogP contribution in [0.5, 0.6) is 0 Å². The number of cyclic esters (lactones) is 1. The van der Waals surface area contributed by atoms with Gasteiger partial charge >= 0.3 is 5.97 Å². The molecule has 1 aliphatic heterocycles. The first-order valence-corrected chi connectivity index (χ1v) is 12.0. The summed E-state index contributed by atoms with van der Waals surface area (Å²) in [5.74, 6) is 0.104. The van der Waals surface area contributed by atoms with Crippen molar-refractivity contribution >= 4 is 29.2 Å². The number of hydrogen-bond acceptors (Lipinski definition) is 4. The quantitative estimate of drug-likeness (QED) is 0.262. The zero-order chi connectivity index (χ0) is 24.8. The van der Waals surface area contributed by atoms with Crippen LogP contribution in [0.1, 0.15) is 31.9 Å². The van der Waals surface area contributed by atoms with Crippen LogP contribution < -0.4 is 0 Å². The molecule has 2 atom stereocenters. The van der Waals surface area contributed by atoms with E-state index in [-0.39, 0.29) is 0 Å². The molecule has 4 aromatic rings. The number of esters is 1. The Morgan fingerprint density at radius 3 is 1.91 bits per heavy atom. The summed E-state index contributed by atoms with van der Waals surface area (Å²) in [6, 6.07) is 24.2. The lowest BCUT2D eigenvalue weighted by atomic mass is 9.82. The largest absolute Gasteiger partial charge is 0.463 e. The van der Waals surface area contributed by atoms with Gasteiger partial charge in [-0.15, -0.1) is 0 Å². The summed E-state index contributed by atoms with van der Waals surface area (Å²) in [4.78, 5) is 13.8. The highest BCUT2D eigenvalue weighted by molar-refractivity contribution is 6.31. The number of halogens is 2. The maximum absolute atomic E-state index is 13.8. The molecule has 0 aliphatic carbocycles. The van der Waals surface area contributed by atoms with Gasteiger partial charge in [0.2, 0.25) is 11.9 Å². The average molecular weight is 507 g/mol. The van der Waals surface area contributed by atoms with E-state index in [9.17, 15) is 4.79 Å². The van der Waals surface area contributed by atoms with E-state index in [2.05, 4.69) is 0 Å². The average Bonchev–Trinajstić information content (AvgIpc) is 3.43. The van der Waals surface area contributed by atoms with Crippen LogP contribution in [-0.2, 0) is 19.9 Å². The summed E-state index contributed by atoms with van der Waals surface area (Å²) in [6.07, 6.45) is 0.842. The molecule has 0 saturated carbocycles. The number of hydrogen-bond donors (Lipinski definition) is 0. The molecule has 6 heteroatoms. The van der Waals surface area contributed by atoms with E-state index in [4.69, 9.17) is 37.1 Å². The van der Waals surface area contributed by atoms with Gasteiger partial charge in [-0.3, -0.25) is 0 Å². The molecule has 178 valence electrons. The first-order valence-electron chi connectivity index (χ1n) is 11.3. The second kappa shape index (κ2) is 8.87. The van der Waals surface area contributed by atoms with Crippen LogP contribution in [0.25, 0.3) is 22.5 Å². The summed E-state index contributed by atoms with van der Waals surface area (Å²) < 4.78 is 18.6. The Morgan fingerprint density at radius 1 is 0.800 bits per heavy atom. The molecule has 0 spiro atoms. The van der Waals surface area contributed by atoms with Gasteiger partial charge in [-0.1, -0.05) is 86.4 Å². The second-order valence-corrected chi connectivity index (χ2v) is 10.5. The minimum absolute atomic E-state index is 0.435. The minimum atomic E-state index is -1.51. The highest BCUT2D eigenvalue weighted by atomic mass is 35.5. The van der Waals surface area contributed by atoms with Crippen molar-refractivity contribution in [2.75, 3.05) is 0 Å². The molecule has 0 amide bonds. The molecular formula is C29H24Cl2O4. The van der Waals surface area contributed by atoms with E-state index in [1.54, 1.807) is 30.5 Å². The Balaban J connectivity index is 1.80. The number of carbonyl (C=O) groups excluding carboxylic acids is 1. The normalized spacial score (nSPS) is 20.1. The fourth-order valence-corrected chi connectivity index (χ4v) is 4.54. The summed E-state index contributed by atoms with van der Waals surface area (Å²) in [5.41, 5.74) is 1.64. The van der Waals surface area contributed by atoms with Gasteiger partial charge in [0.1, 0.15) is 5.76 Å². The third kappa shape index (κ3) is 4.16. The van der Waals surface area contributed by atoms with Gasteiger partial charge in [-0.25, -0.2) is 4.79 Å². The van der Waals surface area contributed by atoms with E-state index in [1.165, 1.54) is 0 Å². The summed E-state index contributed by atoms with van der Waals surface area (Å²) >= 11 is 12.3. The van der Waals surface area contributed by atoms with Crippen molar-refractivity contribution in [2.45, 2.75) is 32.7 Å². The van der Waals surface area contributed by atoms with Crippen LogP contribution in [0.15, 0.2) is 89.5 Å². The maximum atomic E-state index is 13.8. The molecule has 1 fully saturated rings. The smallest absolute Gasteiger partial charge is 0.350 e. The van der Waals surface area contributed by atoms with Crippen LogP contribution in [0.2, 0.25) is 10.0 Å². The zero-order valence-electron chi connectivity index (χ0n) is 19.5. The summed E-state index contributed by atoms with van der Waals surface area (Å²) in [7, 11) is 0. The predicted molar refractivity (Wildman–Crippen MR) is 137 cm³/mol. The van der Waals surface area contributed by atoms with E-state index in [1.807, 2.05) is 75.4 Å². The van der Waals surface area contributed by atoms with Crippen molar-refractivity contribution < 1.29 is 18.7 Å². The molecule has 1 saturated heterocycles. The Kier molecular flexibility index (Phi) is 6.00. The molecule has 35 heavy (non-hydrogen) atoms. The first kappa shape index (κ1) is 23.7. The monoisotopic (exact) mass is 506 g/mol. The molecule has 0 unspecified atom stereocenters. The van der Waals surface area contributed by atoms with Crippen LogP contribution >= 0.6 is 23.2 Å². The van der Waals surface area contributed by atoms with Crippen LogP contribution in [0, 0.1) is 5.41 Å². The van der Waals surface area contributed by atoms with E-state index in [0.29, 0.717) is 26.9 Å². The van der Waals surface area contributed by atoms with Gasteiger partial charge in [0, 0.05) is 32.2 Å². The lowest BCUT2D eigenvalue weighted by Crippen LogP contribution is -2.36. The van der Waals surface area contributed by atoms with Crippen molar-refractivity contribution in [3.8, 4) is 22.5 Å². The number of ether oxygens (including phenoxy) is 2.